The van der Waals surface area contributed by atoms with Crippen LogP contribution in [0.5, 0.6) is 0 Å². The fraction of sp³-hybridized carbons (Fsp3) is 0. The summed E-state index contributed by atoms with van der Waals surface area (Å²) < 4.78 is 13.1. The number of nitrogens with zero attached hydrogens (tertiary/aromatic N) is 2. The van der Waals surface area contributed by atoms with E-state index in [1.54, 1.807) is 66.7 Å². The highest BCUT2D eigenvalue weighted by molar-refractivity contribution is 6.31. The van der Waals surface area contributed by atoms with Crippen molar-refractivity contribution in [1.29, 1.82) is 0 Å². The highest BCUT2D eigenvalue weighted by atomic mass is 35.5. The highest BCUT2D eigenvalue weighted by Crippen LogP contribution is 2.22. The van der Waals surface area contributed by atoms with Gasteiger partial charge in [0.05, 0.1) is 5.69 Å². The molecular formula is C23H16ClFN4O. The quantitative estimate of drug-likeness (QED) is 0.421. The van der Waals surface area contributed by atoms with Crippen LogP contribution in [0.4, 0.5) is 21.6 Å². The lowest BCUT2D eigenvalue weighted by Crippen LogP contribution is -2.11. The van der Waals surface area contributed by atoms with Crippen LogP contribution in [0.15, 0.2) is 85.2 Å². The van der Waals surface area contributed by atoms with Crippen LogP contribution in [0.3, 0.4) is 0 Å². The molecule has 0 bridgehead atoms. The molecule has 3 aromatic carbocycles. The first-order valence-corrected chi connectivity index (χ1v) is 9.47. The summed E-state index contributed by atoms with van der Waals surface area (Å²) in [5.74, 6) is 0.0514. The van der Waals surface area contributed by atoms with Crippen molar-refractivity contribution >= 4 is 34.7 Å². The van der Waals surface area contributed by atoms with Crippen molar-refractivity contribution in [2.24, 2.45) is 0 Å². The predicted molar refractivity (Wildman–Crippen MR) is 117 cm³/mol. The first-order chi connectivity index (χ1) is 14.6. The minimum atomic E-state index is -0.300. The van der Waals surface area contributed by atoms with E-state index in [-0.39, 0.29) is 11.7 Å². The van der Waals surface area contributed by atoms with Gasteiger partial charge in [-0.05, 0) is 66.7 Å². The van der Waals surface area contributed by atoms with E-state index in [0.29, 0.717) is 27.8 Å². The van der Waals surface area contributed by atoms with Gasteiger partial charge in [-0.2, -0.15) is 0 Å². The van der Waals surface area contributed by atoms with Gasteiger partial charge in [-0.15, -0.1) is 0 Å². The minimum absolute atomic E-state index is 0.232. The Morgan fingerprint density at radius 3 is 2.37 bits per heavy atom. The smallest absolute Gasteiger partial charge is 0.255 e. The van der Waals surface area contributed by atoms with E-state index in [4.69, 9.17) is 11.6 Å². The zero-order valence-electron chi connectivity index (χ0n) is 15.6. The van der Waals surface area contributed by atoms with Crippen molar-refractivity contribution in [2.75, 3.05) is 10.6 Å². The van der Waals surface area contributed by atoms with Gasteiger partial charge in [-0.3, -0.25) is 4.79 Å². The summed E-state index contributed by atoms with van der Waals surface area (Å²) in [6.45, 7) is 0. The lowest BCUT2D eigenvalue weighted by molar-refractivity contribution is 0.102. The topological polar surface area (TPSA) is 66.9 Å². The van der Waals surface area contributed by atoms with Gasteiger partial charge in [0.2, 0.25) is 0 Å². The minimum Gasteiger partial charge on any atom is -0.340 e. The maximum Gasteiger partial charge on any atom is 0.255 e. The second-order valence-corrected chi connectivity index (χ2v) is 6.90. The van der Waals surface area contributed by atoms with Crippen molar-refractivity contribution in [3.63, 3.8) is 0 Å². The number of nitrogens with one attached hydrogen (secondary N) is 2. The van der Waals surface area contributed by atoms with Crippen LogP contribution in [0.25, 0.3) is 11.3 Å². The molecule has 0 fully saturated rings. The third-order valence-corrected chi connectivity index (χ3v) is 4.54. The summed E-state index contributed by atoms with van der Waals surface area (Å²) in [6, 6.07) is 21.8. The Labute approximate surface area is 177 Å². The van der Waals surface area contributed by atoms with Crippen LogP contribution in [0.2, 0.25) is 5.02 Å². The number of anilines is 3. The van der Waals surface area contributed by atoms with E-state index in [2.05, 4.69) is 20.6 Å². The molecule has 5 nitrogen and oxygen atoms in total. The number of rotatable bonds is 5. The summed E-state index contributed by atoms with van der Waals surface area (Å²) in [6.07, 6.45) is 1.44. The Bertz CT molecular complexity index is 1180. The highest BCUT2D eigenvalue weighted by Gasteiger charge is 2.07. The molecule has 1 amide bonds. The zero-order valence-corrected chi connectivity index (χ0v) is 16.4. The number of hydrogen-bond donors (Lipinski definition) is 2. The molecule has 148 valence electrons. The number of benzene rings is 3. The lowest BCUT2D eigenvalue weighted by Gasteiger charge is -2.09. The summed E-state index contributed by atoms with van der Waals surface area (Å²) in [5.41, 5.74) is 3.36. The first kappa shape index (κ1) is 19.5. The average molecular weight is 419 g/mol. The van der Waals surface area contributed by atoms with E-state index in [1.165, 1.54) is 18.5 Å². The van der Waals surface area contributed by atoms with Crippen LogP contribution in [-0.4, -0.2) is 15.9 Å². The van der Waals surface area contributed by atoms with Gasteiger partial charge in [-0.1, -0.05) is 17.7 Å². The van der Waals surface area contributed by atoms with E-state index >= 15 is 0 Å². The third-order valence-electron chi connectivity index (χ3n) is 4.31. The van der Waals surface area contributed by atoms with Gasteiger partial charge in [0.25, 0.3) is 5.91 Å². The van der Waals surface area contributed by atoms with Gasteiger partial charge in [0.1, 0.15) is 18.0 Å². The molecule has 0 radical (unpaired) electrons. The van der Waals surface area contributed by atoms with Crippen molar-refractivity contribution in [1.82, 2.24) is 9.97 Å². The molecule has 0 saturated carbocycles. The van der Waals surface area contributed by atoms with Gasteiger partial charge in [0.15, 0.2) is 0 Å². The number of halogens is 2. The fourth-order valence-electron chi connectivity index (χ4n) is 2.83. The van der Waals surface area contributed by atoms with E-state index < -0.39 is 0 Å². The molecule has 0 saturated heterocycles. The molecule has 1 aromatic heterocycles. The van der Waals surface area contributed by atoms with Gasteiger partial charge in [-0.25, -0.2) is 14.4 Å². The number of carbonyl (C=O) groups is 1. The standard InChI is InChI=1S/C23H16ClFN4O/c24-17-2-1-3-20(12-17)29-23(30)16-6-10-19(11-7-16)28-22-13-21(26-14-27-22)15-4-8-18(25)9-5-15/h1-14H,(H,29,30)(H,26,27,28). The zero-order chi connectivity index (χ0) is 20.9. The Kier molecular flexibility index (Phi) is 5.68. The molecule has 4 rings (SSSR count). The van der Waals surface area contributed by atoms with Crippen molar-refractivity contribution in [3.8, 4) is 11.3 Å². The summed E-state index contributed by atoms with van der Waals surface area (Å²) >= 11 is 5.94. The maximum atomic E-state index is 13.1. The third kappa shape index (κ3) is 4.79. The summed E-state index contributed by atoms with van der Waals surface area (Å²) in [7, 11) is 0. The Morgan fingerprint density at radius 2 is 1.63 bits per heavy atom. The molecule has 0 aliphatic carbocycles. The van der Waals surface area contributed by atoms with Crippen molar-refractivity contribution in [3.05, 3.63) is 102 Å². The first-order valence-electron chi connectivity index (χ1n) is 9.09. The number of carbonyl (C=O) groups excluding carboxylic acids is 1. The van der Waals surface area contributed by atoms with Crippen LogP contribution >= 0.6 is 11.6 Å². The monoisotopic (exact) mass is 418 g/mol. The fourth-order valence-corrected chi connectivity index (χ4v) is 3.02. The number of aromatic nitrogens is 2. The van der Waals surface area contributed by atoms with Crippen LogP contribution in [-0.2, 0) is 0 Å². The molecule has 0 spiro atoms. The molecular weight excluding hydrogens is 403 g/mol. The summed E-state index contributed by atoms with van der Waals surface area (Å²) in [5, 5.41) is 6.53. The van der Waals surface area contributed by atoms with Crippen molar-refractivity contribution < 1.29 is 9.18 Å². The molecule has 0 aliphatic rings. The van der Waals surface area contributed by atoms with E-state index in [1.807, 2.05) is 0 Å². The SMILES string of the molecule is O=C(Nc1cccc(Cl)c1)c1ccc(Nc2cc(-c3ccc(F)cc3)ncn2)cc1. The lowest BCUT2D eigenvalue weighted by atomic mass is 10.1. The predicted octanol–water partition coefficient (Wildman–Crippen LogP) is 5.93. The molecule has 2 N–H and O–H groups in total. The number of hydrogen-bond acceptors (Lipinski definition) is 4. The Balaban J connectivity index is 1.45. The Hall–Kier alpha value is -3.77. The van der Waals surface area contributed by atoms with Crippen LogP contribution < -0.4 is 10.6 Å². The molecule has 0 unspecified atom stereocenters. The van der Waals surface area contributed by atoms with E-state index in [0.717, 1.165) is 11.3 Å². The van der Waals surface area contributed by atoms with Crippen molar-refractivity contribution in [2.45, 2.75) is 0 Å². The molecule has 1 heterocycles. The summed E-state index contributed by atoms with van der Waals surface area (Å²) in [4.78, 5) is 20.8. The molecule has 30 heavy (non-hydrogen) atoms. The van der Waals surface area contributed by atoms with Crippen LogP contribution in [0.1, 0.15) is 10.4 Å². The normalized spacial score (nSPS) is 10.5. The van der Waals surface area contributed by atoms with Crippen LogP contribution in [0, 0.1) is 5.82 Å². The maximum absolute atomic E-state index is 13.1. The average Bonchev–Trinajstić information content (AvgIpc) is 2.75. The van der Waals surface area contributed by atoms with Gasteiger partial charge < -0.3 is 10.6 Å². The number of amides is 1. The van der Waals surface area contributed by atoms with Gasteiger partial charge >= 0.3 is 0 Å². The molecule has 0 aliphatic heterocycles. The van der Waals surface area contributed by atoms with E-state index in [9.17, 15) is 9.18 Å². The second kappa shape index (κ2) is 8.71. The van der Waals surface area contributed by atoms with Gasteiger partial charge in [0, 0.05) is 33.6 Å². The second-order valence-electron chi connectivity index (χ2n) is 6.46. The molecule has 4 aromatic rings. The Morgan fingerprint density at radius 1 is 0.867 bits per heavy atom. The molecule has 0 atom stereocenters. The molecule has 7 heteroatoms. The largest absolute Gasteiger partial charge is 0.340 e.